The predicted molar refractivity (Wildman–Crippen MR) is 119 cm³/mol. The van der Waals surface area contributed by atoms with Gasteiger partial charge < -0.3 is 20.1 Å². The van der Waals surface area contributed by atoms with E-state index in [1.165, 1.54) is 0 Å². The van der Waals surface area contributed by atoms with E-state index in [1.54, 1.807) is 4.90 Å². The summed E-state index contributed by atoms with van der Waals surface area (Å²) in [6.07, 6.45) is 0.538. The summed E-state index contributed by atoms with van der Waals surface area (Å²) in [5.41, 5.74) is 4.57. The van der Waals surface area contributed by atoms with Crippen molar-refractivity contribution in [3.8, 4) is 11.1 Å². The summed E-state index contributed by atoms with van der Waals surface area (Å²) >= 11 is 0. The minimum atomic E-state index is -0.854. The number of likely N-dealkylation sites (tertiary alicyclic amines) is 1. The number of alkyl carbamates (subject to hydrolysis) is 1. The zero-order valence-corrected chi connectivity index (χ0v) is 18.1. The molecule has 1 heterocycles. The minimum absolute atomic E-state index is 0.0385. The molecule has 1 fully saturated rings. The zero-order chi connectivity index (χ0) is 22.7. The van der Waals surface area contributed by atoms with Gasteiger partial charge in [0.15, 0.2) is 0 Å². The summed E-state index contributed by atoms with van der Waals surface area (Å²) in [7, 11) is 0. The van der Waals surface area contributed by atoms with Crippen molar-refractivity contribution in [1.82, 2.24) is 10.2 Å². The van der Waals surface area contributed by atoms with E-state index in [2.05, 4.69) is 29.6 Å². The monoisotopic (exact) mass is 436 g/mol. The molecular weight excluding hydrogens is 408 g/mol. The molecule has 2 amide bonds. The number of hydrogen-bond donors (Lipinski definition) is 2. The lowest BCUT2D eigenvalue weighted by Crippen LogP contribution is -2.48. The van der Waals surface area contributed by atoms with Crippen molar-refractivity contribution in [2.75, 3.05) is 19.7 Å². The molecule has 7 nitrogen and oxygen atoms in total. The van der Waals surface area contributed by atoms with Crippen LogP contribution < -0.4 is 5.32 Å². The largest absolute Gasteiger partial charge is 0.481 e. The van der Waals surface area contributed by atoms with Crippen LogP contribution in [0.2, 0.25) is 0 Å². The molecule has 1 unspecified atom stereocenters. The van der Waals surface area contributed by atoms with Crippen LogP contribution in [0.25, 0.3) is 11.1 Å². The molecule has 2 aromatic carbocycles. The summed E-state index contributed by atoms with van der Waals surface area (Å²) < 4.78 is 5.56. The molecule has 0 radical (unpaired) electrons. The van der Waals surface area contributed by atoms with Gasteiger partial charge >= 0.3 is 12.1 Å². The van der Waals surface area contributed by atoms with Gasteiger partial charge in [0.05, 0.1) is 0 Å². The van der Waals surface area contributed by atoms with E-state index in [4.69, 9.17) is 9.84 Å². The average molecular weight is 437 g/mol. The number of nitrogens with zero attached hydrogens (tertiary/aromatic N) is 1. The van der Waals surface area contributed by atoms with E-state index >= 15 is 0 Å². The highest BCUT2D eigenvalue weighted by Crippen LogP contribution is 2.44. The van der Waals surface area contributed by atoms with Gasteiger partial charge in [-0.15, -0.1) is 0 Å². The van der Waals surface area contributed by atoms with Gasteiger partial charge in [-0.05, 0) is 41.0 Å². The van der Waals surface area contributed by atoms with Crippen molar-refractivity contribution in [3.63, 3.8) is 0 Å². The first kappa shape index (κ1) is 21.9. The number of benzene rings is 2. The first-order valence-corrected chi connectivity index (χ1v) is 11.1. The van der Waals surface area contributed by atoms with Gasteiger partial charge in [0.25, 0.3) is 0 Å². The Bertz CT molecular complexity index is 975. The molecule has 2 atom stereocenters. The van der Waals surface area contributed by atoms with Crippen molar-refractivity contribution in [2.45, 2.75) is 38.1 Å². The molecule has 2 aromatic rings. The fourth-order valence-corrected chi connectivity index (χ4v) is 4.79. The number of hydrogen-bond acceptors (Lipinski definition) is 4. The maximum Gasteiger partial charge on any atom is 0.407 e. The Morgan fingerprint density at radius 1 is 1.09 bits per heavy atom. The number of fused-ring (bicyclic) bond motifs is 3. The lowest BCUT2D eigenvalue weighted by molar-refractivity contribution is -0.138. The topological polar surface area (TPSA) is 95.9 Å². The molecular formula is C25H28N2O5. The Morgan fingerprint density at radius 3 is 2.31 bits per heavy atom. The van der Waals surface area contributed by atoms with Gasteiger partial charge in [-0.3, -0.25) is 9.59 Å². The number of carboxylic acid groups (broad SMARTS) is 1. The minimum Gasteiger partial charge on any atom is -0.481 e. The van der Waals surface area contributed by atoms with Crippen LogP contribution in [0.3, 0.4) is 0 Å². The smallest absolute Gasteiger partial charge is 0.407 e. The van der Waals surface area contributed by atoms with Crippen LogP contribution in [-0.2, 0) is 14.3 Å². The summed E-state index contributed by atoms with van der Waals surface area (Å²) in [6.45, 7) is 2.94. The van der Waals surface area contributed by atoms with Crippen molar-refractivity contribution in [1.29, 1.82) is 0 Å². The highest BCUT2D eigenvalue weighted by atomic mass is 16.5. The molecule has 1 aliphatic heterocycles. The van der Waals surface area contributed by atoms with Crippen LogP contribution in [0.1, 0.15) is 43.2 Å². The molecule has 0 saturated carbocycles. The van der Waals surface area contributed by atoms with E-state index in [0.717, 1.165) is 22.3 Å². The van der Waals surface area contributed by atoms with E-state index < -0.39 is 18.1 Å². The Balaban J connectivity index is 1.35. The predicted octanol–water partition coefficient (Wildman–Crippen LogP) is 3.63. The summed E-state index contributed by atoms with van der Waals surface area (Å²) in [6, 6.07) is 15.6. The van der Waals surface area contributed by atoms with Crippen LogP contribution >= 0.6 is 0 Å². The van der Waals surface area contributed by atoms with Crippen molar-refractivity contribution in [3.05, 3.63) is 59.7 Å². The van der Waals surface area contributed by atoms with E-state index in [0.29, 0.717) is 25.9 Å². The van der Waals surface area contributed by atoms with Crippen LogP contribution in [0.15, 0.2) is 48.5 Å². The molecule has 0 aromatic heterocycles. The second-order valence-electron chi connectivity index (χ2n) is 8.47. The molecule has 32 heavy (non-hydrogen) atoms. The van der Waals surface area contributed by atoms with Gasteiger partial charge in [0.2, 0.25) is 5.91 Å². The summed E-state index contributed by atoms with van der Waals surface area (Å²) in [4.78, 5) is 37.9. The highest BCUT2D eigenvalue weighted by molar-refractivity contribution is 5.86. The normalized spacial score (nSPS) is 18.0. The molecule has 0 spiro atoms. The fraction of sp³-hybridized carbons (Fsp3) is 0.400. The van der Waals surface area contributed by atoms with E-state index in [9.17, 15) is 14.4 Å². The van der Waals surface area contributed by atoms with Gasteiger partial charge in [0.1, 0.15) is 12.6 Å². The summed E-state index contributed by atoms with van der Waals surface area (Å²) in [5.74, 6) is -1.12. The van der Waals surface area contributed by atoms with Gasteiger partial charge in [-0.2, -0.15) is 0 Å². The Morgan fingerprint density at radius 2 is 1.72 bits per heavy atom. The number of carbonyl (C=O) groups is 3. The molecule has 2 N–H and O–H groups in total. The van der Waals surface area contributed by atoms with Crippen LogP contribution in [0.5, 0.6) is 0 Å². The Hall–Kier alpha value is -3.35. The first-order chi connectivity index (χ1) is 15.5. The number of amides is 2. The van der Waals surface area contributed by atoms with Crippen molar-refractivity contribution < 1.29 is 24.2 Å². The van der Waals surface area contributed by atoms with Crippen molar-refractivity contribution >= 4 is 18.0 Å². The van der Waals surface area contributed by atoms with Crippen LogP contribution in [-0.4, -0.2) is 53.7 Å². The lowest BCUT2D eigenvalue weighted by atomic mass is 9.98. The summed E-state index contributed by atoms with van der Waals surface area (Å²) in [5, 5.41) is 11.7. The second kappa shape index (κ2) is 9.42. The third kappa shape index (κ3) is 4.47. The Labute approximate surface area is 187 Å². The SMILES string of the molecule is CC[C@@H](NC(=O)OCC1c2ccccc2-c2ccccc21)C(=O)N1CCC(CC(=O)O)C1. The molecule has 4 rings (SSSR count). The van der Waals surface area contributed by atoms with Gasteiger partial charge in [0, 0.05) is 25.4 Å². The second-order valence-corrected chi connectivity index (χ2v) is 8.47. The molecule has 0 bridgehead atoms. The maximum atomic E-state index is 12.8. The third-order valence-corrected chi connectivity index (χ3v) is 6.40. The number of rotatable bonds is 7. The maximum absolute atomic E-state index is 12.8. The third-order valence-electron chi connectivity index (χ3n) is 6.40. The molecule has 2 aliphatic rings. The highest BCUT2D eigenvalue weighted by Gasteiger charge is 2.33. The number of carbonyl (C=O) groups excluding carboxylic acids is 2. The number of carboxylic acids is 1. The van der Waals surface area contributed by atoms with Gasteiger partial charge in [-0.25, -0.2) is 4.79 Å². The molecule has 7 heteroatoms. The van der Waals surface area contributed by atoms with Gasteiger partial charge in [-0.1, -0.05) is 55.5 Å². The van der Waals surface area contributed by atoms with Crippen LogP contribution in [0.4, 0.5) is 4.79 Å². The molecule has 168 valence electrons. The van der Waals surface area contributed by atoms with Crippen LogP contribution in [0, 0.1) is 5.92 Å². The van der Waals surface area contributed by atoms with E-state index in [-0.39, 0.29) is 30.8 Å². The number of ether oxygens (including phenoxy) is 1. The van der Waals surface area contributed by atoms with E-state index in [1.807, 2.05) is 31.2 Å². The Kier molecular flexibility index (Phi) is 6.44. The zero-order valence-electron chi connectivity index (χ0n) is 18.1. The fourth-order valence-electron chi connectivity index (χ4n) is 4.79. The number of nitrogens with one attached hydrogen (secondary N) is 1. The standard InChI is InChI=1S/C25H28N2O5/c1-2-22(24(30)27-12-11-16(14-27)13-23(28)29)26-25(31)32-15-21-19-9-5-3-7-17(19)18-8-4-6-10-20(18)21/h3-10,16,21-22H,2,11-15H2,1H3,(H,26,31)(H,28,29)/t16?,22-/m1/s1. The van der Waals surface area contributed by atoms with Crippen molar-refractivity contribution in [2.24, 2.45) is 5.92 Å². The lowest BCUT2D eigenvalue weighted by Gasteiger charge is -2.23. The quantitative estimate of drug-likeness (QED) is 0.691. The average Bonchev–Trinajstić information content (AvgIpc) is 3.38. The first-order valence-electron chi connectivity index (χ1n) is 11.1. The number of aliphatic carboxylic acids is 1. The molecule has 1 saturated heterocycles. The molecule has 1 aliphatic carbocycles.